The third kappa shape index (κ3) is 4.77. The molecule has 0 saturated carbocycles. The van der Waals surface area contributed by atoms with E-state index in [0.29, 0.717) is 17.5 Å². The number of nitrogens with one attached hydrogen (secondary N) is 2. The Morgan fingerprint density at radius 3 is 2.69 bits per heavy atom. The molecular weight excluding hydrogens is 357 g/mol. The molecule has 136 valence electrons. The van der Waals surface area contributed by atoms with E-state index in [-0.39, 0.29) is 6.61 Å². The number of rotatable bonds is 7. The fraction of sp³-hybridized carbons (Fsp3) is 0.176. The van der Waals surface area contributed by atoms with Gasteiger partial charge < -0.3 is 20.1 Å². The molecule has 0 aliphatic carbocycles. The van der Waals surface area contributed by atoms with Gasteiger partial charge in [-0.1, -0.05) is 36.4 Å². The third-order valence-corrected chi connectivity index (χ3v) is 4.28. The second-order valence-electron chi connectivity index (χ2n) is 5.75. The van der Waals surface area contributed by atoms with Gasteiger partial charge in [0.2, 0.25) is 0 Å². The van der Waals surface area contributed by atoms with Crippen molar-refractivity contribution in [1.82, 2.24) is 15.3 Å². The Morgan fingerprint density at radius 1 is 1.19 bits per heavy atom. The number of fused-ring (bicyclic) bond motifs is 1. The van der Waals surface area contributed by atoms with Crippen molar-refractivity contribution in [3.05, 3.63) is 66.0 Å². The summed E-state index contributed by atoms with van der Waals surface area (Å²) in [6, 6.07) is 13.8. The number of nitrogens with zero attached hydrogens (tertiary/aromatic N) is 1. The van der Waals surface area contributed by atoms with E-state index in [4.69, 9.17) is 9.79 Å². The van der Waals surface area contributed by atoms with Gasteiger partial charge >= 0.3 is 7.82 Å². The van der Waals surface area contributed by atoms with E-state index >= 15 is 0 Å². The minimum atomic E-state index is -4.64. The summed E-state index contributed by atoms with van der Waals surface area (Å²) in [6.45, 7) is -0.318. The molecule has 26 heavy (non-hydrogen) atoms. The van der Waals surface area contributed by atoms with Crippen LogP contribution in [0.4, 0.5) is 0 Å². The highest BCUT2D eigenvalue weighted by Crippen LogP contribution is 2.35. The predicted octanol–water partition coefficient (Wildman–Crippen LogP) is 2.01. The first kappa shape index (κ1) is 18.3. The van der Waals surface area contributed by atoms with Crippen LogP contribution in [0.15, 0.2) is 54.9 Å². The van der Waals surface area contributed by atoms with E-state index in [1.165, 1.54) is 6.33 Å². The summed E-state index contributed by atoms with van der Waals surface area (Å²) in [7, 11) is -4.64. The molecule has 9 heteroatoms. The Morgan fingerprint density at radius 2 is 1.96 bits per heavy atom. The van der Waals surface area contributed by atoms with Crippen molar-refractivity contribution in [2.75, 3.05) is 6.61 Å². The van der Waals surface area contributed by atoms with E-state index in [1.807, 2.05) is 30.3 Å². The highest BCUT2D eigenvalue weighted by molar-refractivity contribution is 7.46. The van der Waals surface area contributed by atoms with Gasteiger partial charge in [-0.25, -0.2) is 9.55 Å². The number of para-hydroxylation sites is 1. The molecule has 1 heterocycles. The van der Waals surface area contributed by atoms with Gasteiger partial charge in [-0.3, -0.25) is 9.32 Å². The molecule has 0 spiro atoms. The topological polar surface area (TPSA) is 125 Å². The third-order valence-electron chi connectivity index (χ3n) is 3.80. The number of carbonyl (C=O) groups excluding carboxylic acids is 1. The number of aromatic amines is 1. The second-order valence-corrected chi connectivity index (χ2v) is 6.99. The van der Waals surface area contributed by atoms with E-state index in [0.717, 1.165) is 11.1 Å². The molecule has 1 amide bonds. The molecule has 8 nitrogen and oxygen atoms in total. The van der Waals surface area contributed by atoms with E-state index in [1.54, 1.807) is 18.2 Å². The molecule has 0 radical (unpaired) electrons. The molecule has 0 bridgehead atoms. The summed E-state index contributed by atoms with van der Waals surface area (Å²) < 4.78 is 15.6. The number of amides is 1. The average molecular weight is 375 g/mol. The number of imidazole rings is 1. The van der Waals surface area contributed by atoms with E-state index in [2.05, 4.69) is 19.8 Å². The lowest BCUT2D eigenvalue weighted by Gasteiger charge is -2.19. The van der Waals surface area contributed by atoms with Crippen LogP contribution in [-0.4, -0.2) is 38.3 Å². The number of phosphoric ester groups is 1. The Kier molecular flexibility index (Phi) is 5.49. The number of benzene rings is 2. The molecule has 0 aliphatic heterocycles. The van der Waals surface area contributed by atoms with Crippen LogP contribution in [-0.2, 0) is 15.5 Å². The number of hydrogen-bond donors (Lipinski definition) is 4. The Hall–Kier alpha value is -2.51. The first-order chi connectivity index (χ1) is 12.4. The van der Waals surface area contributed by atoms with E-state index in [9.17, 15) is 9.36 Å². The van der Waals surface area contributed by atoms with Crippen LogP contribution in [0.25, 0.3) is 11.0 Å². The summed E-state index contributed by atoms with van der Waals surface area (Å²) in [5.74, 6) is -0.391. The normalized spacial score (nSPS) is 12.8. The summed E-state index contributed by atoms with van der Waals surface area (Å²) in [4.78, 5) is 37.7. The standard InChI is InChI=1S/C17H18N3O5P/c21-17(14-7-4-8-15-16(14)19-11-18-15)20-13(10-25-26(22,23)24)9-12-5-2-1-3-6-12/h1-8,11,13H,9-10H2,(H,18,19)(H,20,21)(H2,22,23,24)/t13-/m1/s1. The molecule has 0 unspecified atom stereocenters. The minimum Gasteiger partial charge on any atom is -0.347 e. The summed E-state index contributed by atoms with van der Waals surface area (Å²) in [5, 5.41) is 2.78. The van der Waals surface area contributed by atoms with Gasteiger partial charge in [0, 0.05) is 0 Å². The quantitative estimate of drug-likeness (QED) is 0.468. The molecule has 1 atom stereocenters. The fourth-order valence-corrected chi connectivity index (χ4v) is 3.02. The zero-order valence-electron chi connectivity index (χ0n) is 13.7. The summed E-state index contributed by atoms with van der Waals surface area (Å²) in [6.07, 6.45) is 1.86. The van der Waals surface area contributed by atoms with Crippen LogP contribution in [0.3, 0.4) is 0 Å². The number of hydrogen-bond acceptors (Lipinski definition) is 4. The van der Waals surface area contributed by atoms with Crippen LogP contribution in [0, 0.1) is 0 Å². The minimum absolute atomic E-state index is 0.318. The first-order valence-electron chi connectivity index (χ1n) is 7.89. The van der Waals surface area contributed by atoms with Crippen LogP contribution in [0.2, 0.25) is 0 Å². The molecule has 0 aliphatic rings. The first-order valence-corrected chi connectivity index (χ1v) is 9.42. The van der Waals surface area contributed by atoms with Gasteiger partial charge in [0.25, 0.3) is 5.91 Å². The Balaban J connectivity index is 1.78. The van der Waals surface area contributed by atoms with Crippen LogP contribution in [0.5, 0.6) is 0 Å². The maximum absolute atomic E-state index is 12.7. The molecular formula is C17H18N3O5P. The largest absolute Gasteiger partial charge is 0.469 e. The molecule has 4 N–H and O–H groups in total. The number of H-pyrrole nitrogens is 1. The summed E-state index contributed by atoms with van der Waals surface area (Å²) in [5.41, 5.74) is 2.53. The van der Waals surface area contributed by atoms with Gasteiger partial charge in [-0.2, -0.15) is 0 Å². The van der Waals surface area contributed by atoms with E-state index < -0.39 is 19.8 Å². The SMILES string of the molecule is O=C(N[C@@H](COP(=O)(O)O)Cc1ccccc1)c1cccc2[nH]cnc12. The number of phosphoric acid groups is 1. The second kappa shape index (κ2) is 7.80. The van der Waals surface area contributed by atoms with Gasteiger partial charge in [-0.05, 0) is 24.1 Å². The van der Waals surface area contributed by atoms with Crippen LogP contribution < -0.4 is 5.32 Å². The predicted molar refractivity (Wildman–Crippen MR) is 95.5 cm³/mol. The van der Waals surface area contributed by atoms with Crippen LogP contribution in [0.1, 0.15) is 15.9 Å². The lowest BCUT2D eigenvalue weighted by atomic mass is 10.1. The lowest BCUT2D eigenvalue weighted by molar-refractivity contribution is 0.0910. The smallest absolute Gasteiger partial charge is 0.347 e. The molecule has 3 aromatic rings. The van der Waals surface area contributed by atoms with Crippen LogP contribution >= 0.6 is 7.82 Å². The Labute approximate surface area is 149 Å². The Bertz CT molecular complexity index is 938. The highest BCUT2D eigenvalue weighted by Gasteiger charge is 2.22. The molecule has 0 saturated heterocycles. The van der Waals surface area contributed by atoms with Gasteiger partial charge in [0.1, 0.15) is 5.52 Å². The van der Waals surface area contributed by atoms with Crippen molar-refractivity contribution in [3.63, 3.8) is 0 Å². The lowest BCUT2D eigenvalue weighted by Crippen LogP contribution is -2.39. The number of aromatic nitrogens is 2. The highest BCUT2D eigenvalue weighted by atomic mass is 31.2. The molecule has 2 aromatic carbocycles. The zero-order valence-corrected chi connectivity index (χ0v) is 14.6. The molecule has 1 aromatic heterocycles. The number of carbonyl (C=O) groups is 1. The summed E-state index contributed by atoms with van der Waals surface area (Å²) >= 11 is 0. The monoisotopic (exact) mass is 375 g/mol. The van der Waals surface area contributed by atoms with Crippen molar-refractivity contribution in [3.8, 4) is 0 Å². The average Bonchev–Trinajstić information content (AvgIpc) is 3.08. The maximum Gasteiger partial charge on any atom is 0.469 e. The van der Waals surface area contributed by atoms with Crippen molar-refractivity contribution >= 4 is 24.8 Å². The maximum atomic E-state index is 12.7. The van der Waals surface area contributed by atoms with Gasteiger partial charge in [-0.15, -0.1) is 0 Å². The molecule has 0 fully saturated rings. The van der Waals surface area contributed by atoms with Crippen molar-refractivity contribution in [1.29, 1.82) is 0 Å². The van der Waals surface area contributed by atoms with Crippen molar-refractivity contribution < 1.29 is 23.7 Å². The van der Waals surface area contributed by atoms with Crippen molar-refractivity contribution in [2.45, 2.75) is 12.5 Å². The van der Waals surface area contributed by atoms with Gasteiger partial charge in [0.15, 0.2) is 0 Å². The molecule has 3 rings (SSSR count). The van der Waals surface area contributed by atoms with Crippen molar-refractivity contribution in [2.24, 2.45) is 0 Å². The fourth-order valence-electron chi connectivity index (χ4n) is 2.65. The van der Waals surface area contributed by atoms with Gasteiger partial charge in [0.05, 0.1) is 30.1 Å². The zero-order chi connectivity index (χ0) is 18.6.